The fourth-order valence-electron chi connectivity index (χ4n) is 2.08. The first kappa shape index (κ1) is 21.4. The van der Waals surface area contributed by atoms with E-state index in [2.05, 4.69) is 20.8 Å². The molecule has 28 heavy (non-hydrogen) atoms. The number of imide groups is 1. The number of urea groups is 1. The second kappa shape index (κ2) is 9.88. The molecule has 0 aliphatic rings. The number of nitrogens with one attached hydrogen (secondary N) is 2. The van der Waals surface area contributed by atoms with Crippen LogP contribution in [0.3, 0.4) is 0 Å². The average Bonchev–Trinajstić information content (AvgIpc) is 3.04. The van der Waals surface area contributed by atoms with Gasteiger partial charge in [0.15, 0.2) is 6.10 Å². The molecule has 2 aromatic rings. The summed E-state index contributed by atoms with van der Waals surface area (Å²) in [6.45, 7) is 6.70. The number of aromatic nitrogens is 2. The second-order valence-electron chi connectivity index (χ2n) is 6.24. The molecule has 10 heteroatoms. The van der Waals surface area contributed by atoms with Gasteiger partial charge in [0, 0.05) is 24.1 Å². The molecule has 0 aliphatic carbocycles. The van der Waals surface area contributed by atoms with Gasteiger partial charge in [0.25, 0.3) is 5.91 Å². The number of carbonyl (C=O) groups is 3. The van der Waals surface area contributed by atoms with Crippen LogP contribution in [0.25, 0.3) is 0 Å². The highest BCUT2D eigenvalue weighted by Crippen LogP contribution is 2.24. The van der Waals surface area contributed by atoms with Gasteiger partial charge >= 0.3 is 12.0 Å². The van der Waals surface area contributed by atoms with Crippen LogP contribution in [0.15, 0.2) is 33.9 Å². The van der Waals surface area contributed by atoms with Crippen LogP contribution in [0, 0.1) is 6.92 Å². The third-order valence-corrected chi connectivity index (χ3v) is 4.37. The number of hydrogen-bond donors (Lipinski definition) is 2. The van der Waals surface area contributed by atoms with Crippen molar-refractivity contribution in [1.29, 1.82) is 0 Å². The zero-order chi connectivity index (χ0) is 20.7. The van der Waals surface area contributed by atoms with E-state index in [4.69, 9.17) is 9.26 Å². The van der Waals surface area contributed by atoms with Crippen molar-refractivity contribution in [2.75, 3.05) is 0 Å². The van der Waals surface area contributed by atoms with Crippen molar-refractivity contribution in [2.24, 2.45) is 0 Å². The lowest BCUT2D eigenvalue weighted by molar-refractivity contribution is -0.127. The van der Waals surface area contributed by atoms with Crippen molar-refractivity contribution in [2.45, 2.75) is 50.6 Å². The van der Waals surface area contributed by atoms with Crippen LogP contribution in [-0.4, -0.2) is 40.2 Å². The molecule has 2 rings (SSSR count). The highest BCUT2D eigenvalue weighted by molar-refractivity contribution is 7.98. The van der Waals surface area contributed by atoms with Gasteiger partial charge in [-0.3, -0.25) is 10.1 Å². The monoisotopic (exact) mass is 406 g/mol. The number of amides is 3. The number of ether oxygens (including phenoxy) is 1. The number of rotatable bonds is 7. The first-order valence-electron chi connectivity index (χ1n) is 8.58. The fourth-order valence-corrected chi connectivity index (χ4v) is 2.94. The lowest BCUT2D eigenvalue weighted by Crippen LogP contribution is -2.46. The minimum absolute atomic E-state index is 0.130. The molecule has 1 atom stereocenters. The van der Waals surface area contributed by atoms with Gasteiger partial charge in [-0.25, -0.2) is 14.6 Å². The maximum atomic E-state index is 12.5. The van der Waals surface area contributed by atoms with E-state index in [0.29, 0.717) is 16.5 Å². The van der Waals surface area contributed by atoms with Crippen molar-refractivity contribution in [3.63, 3.8) is 0 Å². The number of nitrogens with zero attached hydrogens (tertiary/aromatic N) is 2. The molecule has 0 unspecified atom stereocenters. The molecule has 0 fully saturated rings. The molecule has 0 bridgehead atoms. The smallest absolute Gasteiger partial charge is 0.341 e. The van der Waals surface area contributed by atoms with E-state index in [1.165, 1.54) is 18.7 Å². The highest BCUT2D eigenvalue weighted by atomic mass is 32.2. The summed E-state index contributed by atoms with van der Waals surface area (Å²) in [6.07, 6.45) is 0.404. The van der Waals surface area contributed by atoms with Gasteiger partial charge < -0.3 is 14.6 Å². The molecule has 150 valence electrons. The summed E-state index contributed by atoms with van der Waals surface area (Å²) in [5, 5.41) is 8.98. The molecule has 0 aromatic carbocycles. The molecule has 0 aliphatic heterocycles. The van der Waals surface area contributed by atoms with Crippen LogP contribution in [0.5, 0.6) is 0 Å². The minimum Gasteiger partial charge on any atom is -0.449 e. The second-order valence-corrected chi connectivity index (χ2v) is 7.20. The van der Waals surface area contributed by atoms with Gasteiger partial charge in [-0.05, 0) is 39.8 Å². The highest BCUT2D eigenvalue weighted by Gasteiger charge is 2.23. The molecule has 0 radical (unpaired) electrons. The van der Waals surface area contributed by atoms with Crippen LogP contribution in [0.2, 0.25) is 0 Å². The van der Waals surface area contributed by atoms with Crippen LogP contribution in [0.4, 0.5) is 4.79 Å². The van der Waals surface area contributed by atoms with E-state index < -0.39 is 24.0 Å². The van der Waals surface area contributed by atoms with Gasteiger partial charge in [0.2, 0.25) is 0 Å². The van der Waals surface area contributed by atoms with Crippen LogP contribution in [0.1, 0.15) is 42.6 Å². The fraction of sp³-hybridized carbons (Fsp3) is 0.389. The van der Waals surface area contributed by atoms with Gasteiger partial charge in [0.1, 0.15) is 10.8 Å². The molecule has 2 N–H and O–H groups in total. The predicted octanol–water partition coefficient (Wildman–Crippen LogP) is 2.45. The van der Waals surface area contributed by atoms with E-state index in [0.717, 1.165) is 5.69 Å². The topological polar surface area (TPSA) is 123 Å². The Morgan fingerprint density at radius 1 is 1.29 bits per heavy atom. The minimum atomic E-state index is -1.15. The summed E-state index contributed by atoms with van der Waals surface area (Å²) in [7, 11) is 0. The van der Waals surface area contributed by atoms with Crippen molar-refractivity contribution < 1.29 is 23.6 Å². The zero-order valence-corrected chi connectivity index (χ0v) is 16.8. The van der Waals surface area contributed by atoms with Crippen LogP contribution >= 0.6 is 11.8 Å². The molecular formula is C18H22N4O5S. The van der Waals surface area contributed by atoms with Crippen molar-refractivity contribution in [3.8, 4) is 0 Å². The zero-order valence-electron chi connectivity index (χ0n) is 16.0. The lowest BCUT2D eigenvalue weighted by atomic mass is 10.3. The number of pyridine rings is 1. The number of thioether (sulfide) groups is 1. The molecule has 0 saturated heterocycles. The number of esters is 1. The third-order valence-electron chi connectivity index (χ3n) is 3.33. The first-order chi connectivity index (χ1) is 13.3. The molecule has 2 aromatic heterocycles. The van der Waals surface area contributed by atoms with E-state index >= 15 is 0 Å². The Hall–Kier alpha value is -2.88. The maximum Gasteiger partial charge on any atom is 0.341 e. The summed E-state index contributed by atoms with van der Waals surface area (Å²) < 4.78 is 10.2. The Balaban J connectivity index is 1.97. The number of hydrogen-bond acceptors (Lipinski definition) is 8. The van der Waals surface area contributed by atoms with Gasteiger partial charge in [0.05, 0.1) is 11.3 Å². The summed E-state index contributed by atoms with van der Waals surface area (Å²) in [6, 6.07) is 4.17. The van der Waals surface area contributed by atoms with E-state index in [1.54, 1.807) is 45.2 Å². The summed E-state index contributed by atoms with van der Waals surface area (Å²) in [4.78, 5) is 40.3. The van der Waals surface area contributed by atoms with Gasteiger partial charge in [-0.1, -0.05) is 16.9 Å². The molecular weight excluding hydrogens is 384 g/mol. The Morgan fingerprint density at radius 3 is 2.68 bits per heavy atom. The third kappa shape index (κ3) is 6.38. The maximum absolute atomic E-state index is 12.5. The van der Waals surface area contributed by atoms with Crippen LogP contribution in [-0.2, 0) is 15.3 Å². The number of aryl methyl sites for hydroxylation is 1. The summed E-state index contributed by atoms with van der Waals surface area (Å²) in [5.41, 5.74) is 0.940. The van der Waals surface area contributed by atoms with Gasteiger partial charge in [-0.2, -0.15) is 0 Å². The molecule has 9 nitrogen and oxygen atoms in total. The largest absolute Gasteiger partial charge is 0.449 e. The summed E-state index contributed by atoms with van der Waals surface area (Å²) in [5.74, 6) is -0.279. The van der Waals surface area contributed by atoms with Crippen molar-refractivity contribution >= 4 is 29.7 Å². The Morgan fingerprint density at radius 2 is 2.04 bits per heavy atom. The summed E-state index contributed by atoms with van der Waals surface area (Å²) >= 11 is 1.30. The normalized spacial score (nSPS) is 11.8. The average molecular weight is 406 g/mol. The van der Waals surface area contributed by atoms with Gasteiger partial charge in [-0.15, -0.1) is 0 Å². The van der Waals surface area contributed by atoms with Crippen molar-refractivity contribution in [1.82, 2.24) is 20.8 Å². The Bertz CT molecular complexity index is 852. The van der Waals surface area contributed by atoms with E-state index in [1.807, 2.05) is 0 Å². The Kier molecular flexibility index (Phi) is 7.56. The molecule has 2 heterocycles. The van der Waals surface area contributed by atoms with Crippen LogP contribution < -0.4 is 10.6 Å². The van der Waals surface area contributed by atoms with E-state index in [-0.39, 0.29) is 11.6 Å². The van der Waals surface area contributed by atoms with E-state index in [9.17, 15) is 14.4 Å². The molecule has 0 spiro atoms. The number of carbonyl (C=O) groups excluding carboxylic acids is 3. The first-order valence-corrected chi connectivity index (χ1v) is 9.57. The van der Waals surface area contributed by atoms with Crippen molar-refractivity contribution in [3.05, 3.63) is 41.4 Å². The SMILES string of the molecule is Cc1cc(CSc2ncccc2C(=O)O[C@H](C)C(=O)NC(=O)NC(C)C)no1. The predicted molar refractivity (Wildman–Crippen MR) is 102 cm³/mol. The quantitative estimate of drug-likeness (QED) is 0.531. The molecule has 0 saturated carbocycles. The molecule has 3 amide bonds. The standard InChI is InChI=1S/C18H22N4O5S/c1-10(2)20-18(25)21-15(23)12(4)26-17(24)14-6-5-7-19-16(14)28-9-13-8-11(3)27-22-13/h5-8,10,12H,9H2,1-4H3,(H2,20,21,23,25)/t12-/m1/s1. The lowest BCUT2D eigenvalue weighted by Gasteiger charge is -2.15. The Labute approximate surface area is 166 Å².